The fraction of sp³-hybridized carbons (Fsp3) is 0. The maximum Gasteiger partial charge on any atom is 0.252 e. The van der Waals surface area contributed by atoms with Gasteiger partial charge < -0.3 is 0 Å². The van der Waals surface area contributed by atoms with Crippen LogP contribution in [-0.4, -0.2) is 5.24 Å². The molecule has 0 N–H and O–H groups in total. The van der Waals surface area contributed by atoms with Gasteiger partial charge in [0.2, 0.25) is 0 Å². The van der Waals surface area contributed by atoms with Crippen molar-refractivity contribution in [3.8, 4) is 0 Å². The second-order valence-corrected chi connectivity index (χ2v) is 2.79. The van der Waals surface area contributed by atoms with Gasteiger partial charge in [0, 0.05) is 5.57 Å². The Bertz CT molecular complexity index is 311. The molecule has 1 radical (unpaired) electrons. The molecule has 0 spiro atoms. The van der Waals surface area contributed by atoms with Crippen LogP contribution in [0.4, 0.5) is 0 Å². The Labute approximate surface area is 76.7 Å². The fourth-order valence-electron chi connectivity index (χ4n) is 0.819. The van der Waals surface area contributed by atoms with Gasteiger partial charge in [0.25, 0.3) is 5.24 Å². The Morgan fingerprint density at radius 2 is 1.75 bits per heavy atom. The molecule has 0 heterocycles. The van der Waals surface area contributed by atoms with Crippen molar-refractivity contribution in [2.75, 3.05) is 0 Å². The minimum absolute atomic E-state index is 0.316. The first kappa shape index (κ1) is 9.01. The largest absolute Gasteiger partial charge is 0.276 e. The molecule has 12 heavy (non-hydrogen) atoms. The van der Waals surface area contributed by atoms with Crippen LogP contribution < -0.4 is 0 Å². The van der Waals surface area contributed by atoms with Gasteiger partial charge in [-0.1, -0.05) is 30.8 Å². The fourth-order valence-corrected chi connectivity index (χ4v) is 0.929. The van der Waals surface area contributed by atoms with Crippen molar-refractivity contribution >= 4 is 22.4 Å². The van der Waals surface area contributed by atoms with Crippen LogP contribution in [0.25, 0.3) is 5.57 Å². The van der Waals surface area contributed by atoms with Gasteiger partial charge in [0.05, 0.1) is 0 Å². The molecule has 0 aromatic heterocycles. The monoisotopic (exact) mass is 179 g/mol. The van der Waals surface area contributed by atoms with E-state index in [-0.39, 0.29) is 0 Å². The molecule has 0 unspecified atom stereocenters. The first-order valence-electron chi connectivity index (χ1n) is 3.42. The van der Waals surface area contributed by atoms with E-state index in [1.54, 1.807) is 24.3 Å². The summed E-state index contributed by atoms with van der Waals surface area (Å²) >= 11 is 5.25. The lowest BCUT2D eigenvalue weighted by molar-refractivity contribution is -0.106. The number of hydrogen-bond donors (Lipinski definition) is 0. The number of benzene rings is 1. The summed E-state index contributed by atoms with van der Waals surface area (Å²) in [5, 5.41) is -0.521. The SMILES string of the molecule is [CH2]c1ccc(C(=C)C(=O)Cl)cc1. The summed E-state index contributed by atoms with van der Waals surface area (Å²) < 4.78 is 0. The van der Waals surface area contributed by atoms with Crippen LogP contribution in [-0.2, 0) is 4.79 Å². The van der Waals surface area contributed by atoms with Gasteiger partial charge in [0.15, 0.2) is 0 Å². The lowest BCUT2D eigenvalue weighted by Gasteiger charge is -1.99. The molecule has 0 bridgehead atoms. The molecule has 61 valence electrons. The second-order valence-electron chi connectivity index (χ2n) is 2.45. The summed E-state index contributed by atoms with van der Waals surface area (Å²) in [6, 6.07) is 7.15. The first-order chi connectivity index (χ1) is 5.61. The minimum Gasteiger partial charge on any atom is -0.276 e. The van der Waals surface area contributed by atoms with E-state index in [9.17, 15) is 4.79 Å². The van der Waals surface area contributed by atoms with Crippen molar-refractivity contribution < 1.29 is 4.79 Å². The van der Waals surface area contributed by atoms with Gasteiger partial charge >= 0.3 is 0 Å². The zero-order chi connectivity index (χ0) is 9.14. The number of hydrogen-bond acceptors (Lipinski definition) is 1. The molecule has 0 aliphatic carbocycles. The summed E-state index contributed by atoms with van der Waals surface area (Å²) in [6.45, 7) is 7.27. The van der Waals surface area contributed by atoms with E-state index in [0.29, 0.717) is 5.57 Å². The van der Waals surface area contributed by atoms with Crippen molar-refractivity contribution in [2.45, 2.75) is 0 Å². The topological polar surface area (TPSA) is 17.1 Å². The summed E-state index contributed by atoms with van der Waals surface area (Å²) in [5.74, 6) is 0. The van der Waals surface area contributed by atoms with Crippen molar-refractivity contribution in [1.82, 2.24) is 0 Å². The molecule has 1 nitrogen and oxygen atoms in total. The molecule has 0 atom stereocenters. The molecule has 1 aromatic carbocycles. The van der Waals surface area contributed by atoms with Gasteiger partial charge in [-0.2, -0.15) is 0 Å². The Kier molecular flexibility index (Phi) is 2.66. The normalized spacial score (nSPS) is 9.50. The quantitative estimate of drug-likeness (QED) is 0.504. The maximum absolute atomic E-state index is 10.7. The number of carbonyl (C=O) groups excluding carboxylic acids is 1. The van der Waals surface area contributed by atoms with E-state index in [1.165, 1.54) is 0 Å². The standard InChI is InChI=1S/C10H8ClO/c1-7-3-5-9(6-4-7)8(2)10(11)12/h3-6H,1-2H2. The Hall–Kier alpha value is -1.08. The maximum atomic E-state index is 10.7. The molecule has 0 amide bonds. The van der Waals surface area contributed by atoms with Crippen molar-refractivity contribution in [3.05, 3.63) is 48.9 Å². The summed E-state index contributed by atoms with van der Waals surface area (Å²) in [4.78, 5) is 10.7. The van der Waals surface area contributed by atoms with Gasteiger partial charge in [-0.05, 0) is 29.7 Å². The molecule has 2 heteroatoms. The third kappa shape index (κ3) is 1.95. The van der Waals surface area contributed by atoms with E-state index in [4.69, 9.17) is 11.6 Å². The van der Waals surface area contributed by atoms with Gasteiger partial charge in [-0.3, -0.25) is 4.79 Å². The highest BCUT2D eigenvalue weighted by atomic mass is 35.5. The lowest BCUT2D eigenvalue weighted by Crippen LogP contribution is -1.90. The summed E-state index contributed by atoms with van der Waals surface area (Å²) in [5.41, 5.74) is 1.95. The van der Waals surface area contributed by atoms with Crippen LogP contribution in [0.5, 0.6) is 0 Å². The Balaban J connectivity index is 2.98. The Morgan fingerprint density at radius 3 is 2.17 bits per heavy atom. The van der Waals surface area contributed by atoms with Gasteiger partial charge in [-0.25, -0.2) is 0 Å². The summed E-state index contributed by atoms with van der Waals surface area (Å²) in [6.07, 6.45) is 0. The highest BCUT2D eigenvalue weighted by Crippen LogP contribution is 2.15. The van der Waals surface area contributed by atoms with E-state index >= 15 is 0 Å². The average Bonchev–Trinajstić information content (AvgIpc) is 2.04. The lowest BCUT2D eigenvalue weighted by atomic mass is 10.1. The van der Waals surface area contributed by atoms with Crippen LogP contribution in [0.1, 0.15) is 11.1 Å². The van der Waals surface area contributed by atoms with E-state index in [2.05, 4.69) is 13.5 Å². The molecule has 0 aliphatic rings. The Morgan fingerprint density at radius 1 is 1.25 bits per heavy atom. The van der Waals surface area contributed by atoms with Crippen molar-refractivity contribution in [1.29, 1.82) is 0 Å². The third-order valence-electron chi connectivity index (χ3n) is 1.54. The zero-order valence-electron chi connectivity index (χ0n) is 6.51. The molecular formula is C10H8ClO. The van der Waals surface area contributed by atoms with Gasteiger partial charge in [0.1, 0.15) is 0 Å². The molecule has 0 aliphatic heterocycles. The molecule has 0 saturated carbocycles. The molecule has 1 aromatic rings. The number of halogens is 1. The number of carbonyl (C=O) groups is 1. The van der Waals surface area contributed by atoms with Crippen LogP contribution >= 0.6 is 11.6 Å². The summed E-state index contributed by atoms with van der Waals surface area (Å²) in [7, 11) is 0. The highest BCUT2D eigenvalue weighted by Gasteiger charge is 2.04. The predicted octanol–water partition coefficient (Wildman–Crippen LogP) is 2.65. The molecular weight excluding hydrogens is 172 g/mol. The number of rotatable bonds is 2. The highest BCUT2D eigenvalue weighted by molar-refractivity contribution is 6.74. The van der Waals surface area contributed by atoms with Crippen molar-refractivity contribution in [2.24, 2.45) is 0 Å². The van der Waals surface area contributed by atoms with E-state index in [1.807, 2.05) is 0 Å². The minimum atomic E-state index is -0.521. The van der Waals surface area contributed by atoms with E-state index < -0.39 is 5.24 Å². The molecule has 0 saturated heterocycles. The van der Waals surface area contributed by atoms with Crippen LogP contribution in [0.15, 0.2) is 30.8 Å². The van der Waals surface area contributed by atoms with Crippen LogP contribution in [0, 0.1) is 6.92 Å². The average molecular weight is 180 g/mol. The van der Waals surface area contributed by atoms with Crippen LogP contribution in [0.3, 0.4) is 0 Å². The van der Waals surface area contributed by atoms with Crippen LogP contribution in [0.2, 0.25) is 0 Å². The molecule has 0 fully saturated rings. The first-order valence-corrected chi connectivity index (χ1v) is 3.80. The van der Waals surface area contributed by atoms with E-state index in [0.717, 1.165) is 11.1 Å². The smallest absolute Gasteiger partial charge is 0.252 e. The number of allylic oxidation sites excluding steroid dienone is 1. The predicted molar refractivity (Wildman–Crippen MR) is 50.8 cm³/mol. The van der Waals surface area contributed by atoms with Gasteiger partial charge in [-0.15, -0.1) is 0 Å². The molecule has 1 rings (SSSR count). The van der Waals surface area contributed by atoms with Crippen molar-refractivity contribution in [3.63, 3.8) is 0 Å². The zero-order valence-corrected chi connectivity index (χ0v) is 7.27. The third-order valence-corrected chi connectivity index (χ3v) is 1.77. The second kappa shape index (κ2) is 3.55.